The molecule has 118 valence electrons. The van der Waals surface area contributed by atoms with Crippen LogP contribution in [0.15, 0.2) is 12.1 Å². The first kappa shape index (κ1) is 16.3. The Morgan fingerprint density at radius 3 is 2.57 bits per heavy atom. The molecule has 0 amide bonds. The summed E-state index contributed by atoms with van der Waals surface area (Å²) in [6.45, 7) is 3.29. The maximum absolute atomic E-state index is 13.9. The molecule has 0 aliphatic carbocycles. The van der Waals surface area contributed by atoms with Gasteiger partial charge in [-0.15, -0.1) is 0 Å². The SMILES string of the molecule is CCNC(CCCC1CCCO1)c1c(F)cc(F)cc1F. The molecule has 1 aromatic rings. The topological polar surface area (TPSA) is 21.3 Å². The maximum atomic E-state index is 13.9. The second-order valence-electron chi connectivity index (χ2n) is 5.46. The van der Waals surface area contributed by atoms with Crippen molar-refractivity contribution >= 4 is 0 Å². The zero-order valence-electron chi connectivity index (χ0n) is 12.3. The van der Waals surface area contributed by atoms with Crippen molar-refractivity contribution in [1.82, 2.24) is 5.32 Å². The summed E-state index contributed by atoms with van der Waals surface area (Å²) in [5.41, 5.74) is -0.0643. The van der Waals surface area contributed by atoms with E-state index >= 15 is 0 Å². The Balaban J connectivity index is 2.00. The fraction of sp³-hybridized carbons (Fsp3) is 0.625. The Kier molecular flexibility index (Phi) is 6.06. The molecule has 0 radical (unpaired) electrons. The van der Waals surface area contributed by atoms with Crippen molar-refractivity contribution in [3.05, 3.63) is 35.1 Å². The summed E-state index contributed by atoms with van der Waals surface area (Å²) < 4.78 is 46.3. The van der Waals surface area contributed by atoms with Gasteiger partial charge >= 0.3 is 0 Å². The molecule has 21 heavy (non-hydrogen) atoms. The van der Waals surface area contributed by atoms with Gasteiger partial charge in [0.15, 0.2) is 0 Å². The van der Waals surface area contributed by atoms with Crippen LogP contribution in [0.3, 0.4) is 0 Å². The van der Waals surface area contributed by atoms with E-state index in [1.807, 2.05) is 6.92 Å². The predicted molar refractivity (Wildman–Crippen MR) is 75.6 cm³/mol. The van der Waals surface area contributed by atoms with Crippen LogP contribution in [0.2, 0.25) is 0 Å². The quantitative estimate of drug-likeness (QED) is 0.818. The molecule has 0 spiro atoms. The molecule has 2 nitrogen and oxygen atoms in total. The lowest BCUT2D eigenvalue weighted by molar-refractivity contribution is 0.101. The molecule has 2 rings (SSSR count). The fourth-order valence-corrected chi connectivity index (χ4v) is 2.90. The predicted octanol–water partition coefficient (Wildman–Crippen LogP) is 4.10. The highest BCUT2D eigenvalue weighted by molar-refractivity contribution is 5.24. The molecular formula is C16H22F3NO. The van der Waals surface area contributed by atoms with Crippen LogP contribution in [0.4, 0.5) is 13.2 Å². The number of hydrogen-bond donors (Lipinski definition) is 1. The molecule has 0 saturated carbocycles. The monoisotopic (exact) mass is 301 g/mol. The highest BCUT2D eigenvalue weighted by Gasteiger charge is 2.22. The zero-order chi connectivity index (χ0) is 15.2. The Bertz CT molecular complexity index is 438. The van der Waals surface area contributed by atoms with Crippen LogP contribution in [0, 0.1) is 17.5 Å². The minimum absolute atomic E-state index is 0.0643. The van der Waals surface area contributed by atoms with Crippen molar-refractivity contribution in [2.45, 2.75) is 51.2 Å². The van der Waals surface area contributed by atoms with Gasteiger partial charge in [0.1, 0.15) is 17.5 Å². The molecule has 5 heteroatoms. The first-order valence-electron chi connectivity index (χ1n) is 7.61. The van der Waals surface area contributed by atoms with Crippen molar-refractivity contribution in [1.29, 1.82) is 0 Å². The molecule has 1 aliphatic heterocycles. The van der Waals surface area contributed by atoms with Crippen LogP contribution in [0.25, 0.3) is 0 Å². The van der Waals surface area contributed by atoms with Crippen LogP contribution >= 0.6 is 0 Å². The van der Waals surface area contributed by atoms with E-state index in [2.05, 4.69) is 5.32 Å². The first-order valence-corrected chi connectivity index (χ1v) is 7.61. The molecule has 0 aromatic heterocycles. The van der Waals surface area contributed by atoms with Gasteiger partial charge < -0.3 is 10.1 Å². The third-order valence-electron chi connectivity index (χ3n) is 3.89. The third-order valence-corrected chi connectivity index (χ3v) is 3.89. The molecule has 1 fully saturated rings. The van der Waals surface area contributed by atoms with Crippen LogP contribution in [-0.4, -0.2) is 19.3 Å². The molecule has 1 saturated heterocycles. The lowest BCUT2D eigenvalue weighted by Gasteiger charge is -2.20. The third kappa shape index (κ3) is 4.45. The minimum atomic E-state index is -0.886. The van der Waals surface area contributed by atoms with Gasteiger partial charge in [-0.1, -0.05) is 6.92 Å². The summed E-state index contributed by atoms with van der Waals surface area (Å²) in [6.07, 6.45) is 4.74. The smallest absolute Gasteiger partial charge is 0.133 e. The van der Waals surface area contributed by atoms with Crippen LogP contribution < -0.4 is 5.32 Å². The Morgan fingerprint density at radius 1 is 1.29 bits per heavy atom. The number of benzene rings is 1. The fourth-order valence-electron chi connectivity index (χ4n) is 2.90. The van der Waals surface area contributed by atoms with E-state index in [1.54, 1.807) is 0 Å². The van der Waals surface area contributed by atoms with Crippen LogP contribution in [-0.2, 0) is 4.74 Å². The summed E-state index contributed by atoms with van der Waals surface area (Å²) in [7, 11) is 0. The minimum Gasteiger partial charge on any atom is -0.378 e. The van der Waals surface area contributed by atoms with E-state index in [0.717, 1.165) is 44.4 Å². The second kappa shape index (κ2) is 7.80. The normalized spacial score (nSPS) is 19.9. The van der Waals surface area contributed by atoms with Crippen molar-refractivity contribution < 1.29 is 17.9 Å². The maximum Gasteiger partial charge on any atom is 0.133 e. The lowest BCUT2D eigenvalue weighted by Crippen LogP contribution is -2.23. The second-order valence-corrected chi connectivity index (χ2v) is 5.46. The molecule has 1 N–H and O–H groups in total. The summed E-state index contributed by atoms with van der Waals surface area (Å²) in [4.78, 5) is 0. The van der Waals surface area contributed by atoms with Gasteiger partial charge in [-0.05, 0) is 38.6 Å². The van der Waals surface area contributed by atoms with Gasteiger partial charge in [-0.2, -0.15) is 0 Å². The van der Waals surface area contributed by atoms with E-state index in [1.165, 1.54) is 0 Å². The van der Waals surface area contributed by atoms with Gasteiger partial charge in [-0.3, -0.25) is 0 Å². The highest BCUT2D eigenvalue weighted by atomic mass is 19.1. The molecule has 1 aliphatic rings. The van der Waals surface area contributed by atoms with Gasteiger partial charge in [0.25, 0.3) is 0 Å². The van der Waals surface area contributed by atoms with Gasteiger partial charge in [0.2, 0.25) is 0 Å². The molecule has 2 atom stereocenters. The number of hydrogen-bond acceptors (Lipinski definition) is 2. The summed E-state index contributed by atoms with van der Waals surface area (Å²) >= 11 is 0. The largest absolute Gasteiger partial charge is 0.378 e. The number of nitrogens with one attached hydrogen (secondary N) is 1. The lowest BCUT2D eigenvalue weighted by atomic mass is 9.98. The zero-order valence-corrected chi connectivity index (χ0v) is 12.3. The van der Waals surface area contributed by atoms with Gasteiger partial charge in [-0.25, -0.2) is 13.2 Å². The summed E-state index contributed by atoms with van der Waals surface area (Å²) in [6, 6.07) is 1.04. The molecule has 1 heterocycles. The summed E-state index contributed by atoms with van der Waals surface area (Å²) in [5.74, 6) is -2.53. The van der Waals surface area contributed by atoms with Crippen molar-refractivity contribution in [2.75, 3.05) is 13.2 Å². The van der Waals surface area contributed by atoms with E-state index in [-0.39, 0.29) is 11.7 Å². The highest BCUT2D eigenvalue weighted by Crippen LogP contribution is 2.27. The Hall–Kier alpha value is -1.07. The average Bonchev–Trinajstić information content (AvgIpc) is 2.90. The van der Waals surface area contributed by atoms with Gasteiger partial charge in [0.05, 0.1) is 6.10 Å². The number of ether oxygens (including phenoxy) is 1. The van der Waals surface area contributed by atoms with Crippen LogP contribution in [0.5, 0.6) is 0 Å². The molecule has 2 unspecified atom stereocenters. The van der Waals surface area contributed by atoms with E-state index < -0.39 is 23.5 Å². The Morgan fingerprint density at radius 2 is 2.00 bits per heavy atom. The Labute approximate surface area is 123 Å². The molecule has 0 bridgehead atoms. The summed E-state index contributed by atoms with van der Waals surface area (Å²) in [5, 5.41) is 3.08. The first-order chi connectivity index (χ1) is 10.1. The average molecular weight is 301 g/mol. The van der Waals surface area contributed by atoms with Crippen molar-refractivity contribution in [3.8, 4) is 0 Å². The van der Waals surface area contributed by atoms with Crippen molar-refractivity contribution in [3.63, 3.8) is 0 Å². The number of halogens is 3. The number of rotatable bonds is 7. The van der Waals surface area contributed by atoms with Crippen LogP contribution in [0.1, 0.15) is 50.6 Å². The van der Waals surface area contributed by atoms with Gasteiger partial charge in [0, 0.05) is 30.3 Å². The van der Waals surface area contributed by atoms with Crippen molar-refractivity contribution in [2.24, 2.45) is 0 Å². The van der Waals surface area contributed by atoms with E-state index in [4.69, 9.17) is 4.74 Å². The van der Waals surface area contributed by atoms with E-state index in [0.29, 0.717) is 13.0 Å². The van der Waals surface area contributed by atoms with E-state index in [9.17, 15) is 13.2 Å². The molecule has 1 aromatic carbocycles. The standard InChI is InChI=1S/C16H22F3NO/c1-2-20-15(7-3-5-12-6-4-8-21-12)16-13(18)9-11(17)10-14(16)19/h9-10,12,15,20H,2-8H2,1H3. The molecular weight excluding hydrogens is 279 g/mol.